The van der Waals surface area contributed by atoms with Crippen molar-refractivity contribution in [1.82, 2.24) is 4.31 Å². The molecule has 112 valence electrons. The average Bonchev–Trinajstić information content (AvgIpc) is 2.68. The molecule has 2 N–H and O–H groups in total. The minimum absolute atomic E-state index is 0.0482. The van der Waals surface area contributed by atoms with Gasteiger partial charge in [0.1, 0.15) is 0 Å². The highest BCUT2D eigenvalue weighted by Crippen LogP contribution is 2.29. The van der Waals surface area contributed by atoms with E-state index in [0.29, 0.717) is 12.5 Å². The molecular formula is C12H18N2O4S2. The van der Waals surface area contributed by atoms with Gasteiger partial charge >= 0.3 is 0 Å². The summed E-state index contributed by atoms with van der Waals surface area (Å²) in [5.74, 6) is 0.323. The van der Waals surface area contributed by atoms with Crippen LogP contribution in [-0.4, -0.2) is 33.7 Å². The molecule has 6 nitrogen and oxygen atoms in total. The van der Waals surface area contributed by atoms with Gasteiger partial charge in [0.2, 0.25) is 20.0 Å². The molecule has 1 aliphatic heterocycles. The number of hydrogen-bond donors (Lipinski definition) is 1. The summed E-state index contributed by atoms with van der Waals surface area (Å²) in [5.41, 5.74) is 0. The number of hydrogen-bond acceptors (Lipinski definition) is 4. The zero-order valence-corrected chi connectivity index (χ0v) is 13.0. The summed E-state index contributed by atoms with van der Waals surface area (Å²) < 4.78 is 48.8. The minimum Gasteiger partial charge on any atom is -0.225 e. The van der Waals surface area contributed by atoms with Gasteiger partial charge in [0.05, 0.1) is 9.79 Å². The van der Waals surface area contributed by atoms with Crippen LogP contribution in [0.15, 0.2) is 34.1 Å². The number of nitrogens with two attached hydrogens (primary N) is 1. The average molecular weight is 318 g/mol. The monoisotopic (exact) mass is 318 g/mol. The Labute approximate surface area is 119 Å². The van der Waals surface area contributed by atoms with E-state index in [9.17, 15) is 16.8 Å². The summed E-state index contributed by atoms with van der Waals surface area (Å²) >= 11 is 0. The molecule has 0 bridgehead atoms. The van der Waals surface area contributed by atoms with Crippen molar-refractivity contribution in [2.75, 3.05) is 6.54 Å². The van der Waals surface area contributed by atoms with Crippen LogP contribution in [0.1, 0.15) is 20.3 Å². The fraction of sp³-hybridized carbons (Fsp3) is 0.500. The Morgan fingerprint density at radius 3 is 1.95 bits per heavy atom. The fourth-order valence-electron chi connectivity index (χ4n) is 2.53. The quantitative estimate of drug-likeness (QED) is 0.889. The standard InChI is InChI=1S/C12H18N2O4S2/c1-9-7-10(2)14(8-9)20(17,18)12-5-3-11(4-6-12)19(13,15)16/h3-6,9-10H,7-8H2,1-2H3,(H2,13,15,16). The molecule has 2 unspecified atom stereocenters. The maximum Gasteiger partial charge on any atom is 0.243 e. The van der Waals surface area contributed by atoms with Crippen LogP contribution in [-0.2, 0) is 20.0 Å². The van der Waals surface area contributed by atoms with Crippen LogP contribution in [0.4, 0.5) is 0 Å². The van der Waals surface area contributed by atoms with Gasteiger partial charge in [-0.15, -0.1) is 0 Å². The molecule has 2 rings (SSSR count). The summed E-state index contributed by atoms with van der Waals surface area (Å²) in [6, 6.07) is 4.95. The van der Waals surface area contributed by atoms with E-state index in [1.807, 2.05) is 13.8 Å². The molecule has 0 aromatic heterocycles. The highest BCUT2D eigenvalue weighted by molar-refractivity contribution is 7.89. The molecule has 0 saturated carbocycles. The van der Waals surface area contributed by atoms with Crippen molar-refractivity contribution in [3.8, 4) is 0 Å². The Kier molecular flexibility index (Phi) is 3.94. The van der Waals surface area contributed by atoms with E-state index in [4.69, 9.17) is 5.14 Å². The first-order valence-corrected chi connectivity index (χ1v) is 9.25. The molecule has 1 fully saturated rings. The second kappa shape index (κ2) is 5.10. The second-order valence-electron chi connectivity index (χ2n) is 5.28. The van der Waals surface area contributed by atoms with E-state index in [1.165, 1.54) is 28.6 Å². The summed E-state index contributed by atoms with van der Waals surface area (Å²) in [4.78, 5) is -0.00913. The van der Waals surface area contributed by atoms with E-state index in [0.717, 1.165) is 6.42 Å². The molecule has 0 radical (unpaired) electrons. The number of rotatable bonds is 3. The Morgan fingerprint density at radius 1 is 1.05 bits per heavy atom. The number of primary sulfonamides is 1. The Hall–Kier alpha value is -0.960. The number of nitrogens with zero attached hydrogens (tertiary/aromatic N) is 1. The van der Waals surface area contributed by atoms with Crippen molar-refractivity contribution in [2.24, 2.45) is 11.1 Å². The van der Waals surface area contributed by atoms with Crippen LogP contribution >= 0.6 is 0 Å². The maximum absolute atomic E-state index is 12.5. The van der Waals surface area contributed by atoms with Crippen molar-refractivity contribution >= 4 is 20.0 Å². The van der Waals surface area contributed by atoms with E-state index < -0.39 is 20.0 Å². The van der Waals surface area contributed by atoms with Gasteiger partial charge in [0, 0.05) is 12.6 Å². The molecule has 1 heterocycles. The molecule has 0 amide bonds. The van der Waals surface area contributed by atoms with Gasteiger partial charge in [-0.05, 0) is 43.5 Å². The summed E-state index contributed by atoms with van der Waals surface area (Å²) in [6.45, 7) is 4.37. The highest BCUT2D eigenvalue weighted by Gasteiger charge is 2.36. The predicted octanol–water partition coefficient (Wildman–Crippen LogP) is 0.753. The molecule has 8 heteroatoms. The Balaban J connectivity index is 2.36. The second-order valence-corrected chi connectivity index (χ2v) is 8.73. The highest BCUT2D eigenvalue weighted by atomic mass is 32.2. The number of sulfonamides is 2. The van der Waals surface area contributed by atoms with Crippen LogP contribution in [0.25, 0.3) is 0 Å². The van der Waals surface area contributed by atoms with E-state index in [2.05, 4.69) is 0 Å². The van der Waals surface area contributed by atoms with Crippen LogP contribution in [0.2, 0.25) is 0 Å². The molecule has 1 aromatic rings. The molecule has 1 aromatic carbocycles. The normalized spacial score (nSPS) is 24.9. The lowest BCUT2D eigenvalue weighted by Crippen LogP contribution is -2.34. The smallest absolute Gasteiger partial charge is 0.225 e. The van der Waals surface area contributed by atoms with Crippen LogP contribution in [0.5, 0.6) is 0 Å². The molecular weight excluding hydrogens is 300 g/mol. The van der Waals surface area contributed by atoms with Crippen LogP contribution in [0.3, 0.4) is 0 Å². The van der Waals surface area contributed by atoms with Gasteiger partial charge in [0.15, 0.2) is 0 Å². The van der Waals surface area contributed by atoms with Crippen LogP contribution < -0.4 is 5.14 Å². The zero-order valence-electron chi connectivity index (χ0n) is 11.4. The molecule has 0 spiro atoms. The molecule has 2 atom stereocenters. The summed E-state index contributed by atoms with van der Waals surface area (Å²) in [5, 5.41) is 4.99. The SMILES string of the molecule is CC1CC(C)N(S(=O)(=O)c2ccc(S(N)(=O)=O)cc2)C1. The minimum atomic E-state index is -3.81. The van der Waals surface area contributed by atoms with Crippen molar-refractivity contribution in [3.63, 3.8) is 0 Å². The van der Waals surface area contributed by atoms with Gasteiger partial charge in [-0.25, -0.2) is 22.0 Å². The number of benzene rings is 1. The van der Waals surface area contributed by atoms with Crippen LogP contribution in [0, 0.1) is 5.92 Å². The Morgan fingerprint density at radius 2 is 1.55 bits per heavy atom. The summed E-state index contributed by atoms with van der Waals surface area (Å²) in [6.07, 6.45) is 0.828. The largest absolute Gasteiger partial charge is 0.243 e. The lowest BCUT2D eigenvalue weighted by molar-refractivity contribution is 0.405. The maximum atomic E-state index is 12.5. The van der Waals surface area contributed by atoms with Crippen molar-refractivity contribution in [3.05, 3.63) is 24.3 Å². The first-order valence-electron chi connectivity index (χ1n) is 6.27. The van der Waals surface area contributed by atoms with E-state index in [1.54, 1.807) is 0 Å². The molecule has 1 saturated heterocycles. The third-order valence-electron chi connectivity index (χ3n) is 3.49. The lowest BCUT2D eigenvalue weighted by Gasteiger charge is -2.21. The molecule has 1 aliphatic rings. The first-order chi connectivity index (χ1) is 9.12. The van der Waals surface area contributed by atoms with Gasteiger partial charge in [-0.1, -0.05) is 6.92 Å². The molecule has 20 heavy (non-hydrogen) atoms. The third-order valence-corrected chi connectivity index (χ3v) is 6.41. The van der Waals surface area contributed by atoms with Gasteiger partial charge in [-0.3, -0.25) is 0 Å². The lowest BCUT2D eigenvalue weighted by atomic mass is 10.1. The van der Waals surface area contributed by atoms with E-state index >= 15 is 0 Å². The molecule has 0 aliphatic carbocycles. The van der Waals surface area contributed by atoms with Crippen molar-refractivity contribution in [1.29, 1.82) is 0 Å². The van der Waals surface area contributed by atoms with Gasteiger partial charge in [-0.2, -0.15) is 4.31 Å². The predicted molar refractivity (Wildman–Crippen MR) is 75.0 cm³/mol. The van der Waals surface area contributed by atoms with E-state index in [-0.39, 0.29) is 15.8 Å². The van der Waals surface area contributed by atoms with Gasteiger partial charge < -0.3 is 0 Å². The summed E-state index contributed by atoms with van der Waals surface area (Å²) in [7, 11) is -7.40. The van der Waals surface area contributed by atoms with Gasteiger partial charge in [0.25, 0.3) is 0 Å². The third kappa shape index (κ3) is 2.88. The van der Waals surface area contributed by atoms with Crippen molar-refractivity contribution < 1.29 is 16.8 Å². The van der Waals surface area contributed by atoms with Crippen molar-refractivity contribution in [2.45, 2.75) is 36.1 Å². The fourth-order valence-corrected chi connectivity index (χ4v) is 4.81. The topological polar surface area (TPSA) is 97.5 Å². The Bertz CT molecular complexity index is 695. The first kappa shape index (κ1) is 15.4. The zero-order chi connectivity index (χ0) is 15.1.